The zero-order valence-electron chi connectivity index (χ0n) is 54.1. The molecule has 0 fully saturated rings. The first-order chi connectivity index (χ1) is 40.0. The fourth-order valence-corrected chi connectivity index (χ4v) is 10.4. The number of carbonyl (C=O) groups excluding carboxylic acids is 3. The van der Waals surface area contributed by atoms with Crippen molar-refractivity contribution in [2.75, 3.05) is 13.2 Å². The van der Waals surface area contributed by atoms with Crippen molar-refractivity contribution in [1.82, 2.24) is 0 Å². The molecule has 0 N–H and O–H groups in total. The first kappa shape index (κ1) is 77.9. The minimum Gasteiger partial charge on any atom is -0.462 e. The number of hydrogen-bond acceptors (Lipinski definition) is 6. The van der Waals surface area contributed by atoms with Crippen molar-refractivity contribution in [3.8, 4) is 0 Å². The van der Waals surface area contributed by atoms with Crippen molar-refractivity contribution >= 4 is 17.9 Å². The van der Waals surface area contributed by atoms with Crippen molar-refractivity contribution in [3.63, 3.8) is 0 Å². The largest absolute Gasteiger partial charge is 0.462 e. The molecule has 1 unspecified atom stereocenters. The van der Waals surface area contributed by atoms with Gasteiger partial charge in [-0.25, -0.2) is 0 Å². The molecule has 0 amide bonds. The van der Waals surface area contributed by atoms with Crippen molar-refractivity contribution in [3.05, 3.63) is 72.9 Å². The van der Waals surface area contributed by atoms with Crippen LogP contribution in [-0.2, 0) is 28.6 Å². The second kappa shape index (κ2) is 69.3. The lowest BCUT2D eigenvalue weighted by molar-refractivity contribution is -0.167. The second-order valence-electron chi connectivity index (χ2n) is 23.8. The van der Waals surface area contributed by atoms with Crippen molar-refractivity contribution in [2.24, 2.45) is 0 Å². The zero-order chi connectivity index (χ0) is 58.5. The normalized spacial score (nSPS) is 12.5. The van der Waals surface area contributed by atoms with Crippen LogP contribution in [0.15, 0.2) is 72.9 Å². The molecule has 0 saturated carbocycles. The molecule has 0 radical (unpaired) electrons. The quantitative estimate of drug-likeness (QED) is 0.0261. The van der Waals surface area contributed by atoms with Crippen LogP contribution in [0.1, 0.15) is 367 Å². The molecule has 0 aliphatic rings. The van der Waals surface area contributed by atoms with Crippen LogP contribution < -0.4 is 0 Å². The van der Waals surface area contributed by atoms with Gasteiger partial charge in [0, 0.05) is 19.3 Å². The molecule has 0 saturated heterocycles. The maximum absolute atomic E-state index is 12.9. The van der Waals surface area contributed by atoms with E-state index in [1.54, 1.807) is 0 Å². The molecule has 1 atom stereocenters. The van der Waals surface area contributed by atoms with E-state index < -0.39 is 6.10 Å². The summed E-state index contributed by atoms with van der Waals surface area (Å²) >= 11 is 0. The fraction of sp³-hybridized carbons (Fsp3) is 0.800. The molecule has 470 valence electrons. The van der Waals surface area contributed by atoms with E-state index in [1.165, 1.54) is 205 Å². The van der Waals surface area contributed by atoms with Gasteiger partial charge in [0.1, 0.15) is 13.2 Å². The van der Waals surface area contributed by atoms with Gasteiger partial charge in [-0.3, -0.25) is 14.4 Å². The van der Waals surface area contributed by atoms with Crippen LogP contribution in [0.5, 0.6) is 0 Å². The van der Waals surface area contributed by atoms with Gasteiger partial charge in [-0.2, -0.15) is 0 Å². The standard InChI is InChI=1S/C75H134O6/c1-4-7-10-13-16-19-22-25-28-30-32-34-35-36-37-38-39-41-42-44-47-50-53-56-59-62-65-68-74(77)80-71-72(70-79-73(76)67-64-61-58-55-52-49-46-27-24-21-18-15-12-9-6-3)81-75(78)69-66-63-60-57-54-51-48-45-43-40-33-31-29-26-23-20-17-14-11-8-5-2/h9,12,18,21,23,26-27,31,33,43,45-46,72H,4-8,10-11,13-17,19-20,22,24-25,28-30,32,34-42,44,47-71H2,1-3H3/b12-9-,21-18-,26-23-,33-31-,45-43-,46-27-. The van der Waals surface area contributed by atoms with Gasteiger partial charge < -0.3 is 14.2 Å². The molecule has 0 aromatic heterocycles. The number of allylic oxidation sites excluding steroid dienone is 12. The lowest BCUT2D eigenvalue weighted by Gasteiger charge is -2.18. The average Bonchev–Trinajstić information content (AvgIpc) is 3.47. The molecule has 0 aromatic rings. The van der Waals surface area contributed by atoms with Crippen LogP contribution in [0.4, 0.5) is 0 Å². The smallest absolute Gasteiger partial charge is 0.306 e. The topological polar surface area (TPSA) is 78.9 Å². The lowest BCUT2D eigenvalue weighted by Crippen LogP contribution is -2.30. The Morgan fingerprint density at radius 2 is 0.481 bits per heavy atom. The van der Waals surface area contributed by atoms with E-state index >= 15 is 0 Å². The molecule has 0 aromatic carbocycles. The lowest BCUT2D eigenvalue weighted by atomic mass is 10.0. The van der Waals surface area contributed by atoms with E-state index in [9.17, 15) is 14.4 Å². The molecule has 0 bridgehead atoms. The Kier molecular flexibility index (Phi) is 66.6. The van der Waals surface area contributed by atoms with Gasteiger partial charge >= 0.3 is 17.9 Å². The van der Waals surface area contributed by atoms with Gasteiger partial charge in [0.25, 0.3) is 0 Å². The van der Waals surface area contributed by atoms with E-state index in [2.05, 4.69) is 93.7 Å². The Labute approximate surface area is 503 Å². The first-order valence-electron chi connectivity index (χ1n) is 35.4. The number of rotatable bonds is 65. The van der Waals surface area contributed by atoms with Gasteiger partial charge in [-0.05, 0) is 89.9 Å². The van der Waals surface area contributed by atoms with E-state index in [0.717, 1.165) is 122 Å². The minimum absolute atomic E-state index is 0.0835. The summed E-state index contributed by atoms with van der Waals surface area (Å²) in [5, 5.41) is 0. The first-order valence-corrected chi connectivity index (χ1v) is 35.4. The van der Waals surface area contributed by atoms with E-state index in [-0.39, 0.29) is 31.1 Å². The summed E-state index contributed by atoms with van der Waals surface area (Å²) in [6.45, 7) is 6.55. The monoisotopic (exact) mass is 1130 g/mol. The number of ether oxygens (including phenoxy) is 3. The highest BCUT2D eigenvalue weighted by atomic mass is 16.6. The van der Waals surface area contributed by atoms with Crippen LogP contribution >= 0.6 is 0 Å². The Bertz CT molecular complexity index is 1490. The summed E-state index contributed by atoms with van der Waals surface area (Å²) in [4.78, 5) is 38.4. The number of esters is 3. The number of hydrogen-bond donors (Lipinski definition) is 0. The predicted octanol–water partition coefficient (Wildman–Crippen LogP) is 24.4. The molecular formula is C75H134O6. The summed E-state index contributed by atoms with van der Waals surface area (Å²) in [5.41, 5.74) is 0. The van der Waals surface area contributed by atoms with E-state index in [4.69, 9.17) is 14.2 Å². The van der Waals surface area contributed by atoms with Gasteiger partial charge in [-0.1, -0.05) is 331 Å². The third-order valence-corrected chi connectivity index (χ3v) is 15.7. The molecule has 0 heterocycles. The predicted molar refractivity (Wildman–Crippen MR) is 353 cm³/mol. The molecular weight excluding hydrogens is 997 g/mol. The van der Waals surface area contributed by atoms with Gasteiger partial charge in [0.2, 0.25) is 0 Å². The Balaban J connectivity index is 4.29. The number of carbonyl (C=O) groups is 3. The van der Waals surface area contributed by atoms with Gasteiger partial charge in [-0.15, -0.1) is 0 Å². The summed E-state index contributed by atoms with van der Waals surface area (Å²) in [6, 6.07) is 0. The molecule has 0 aliphatic heterocycles. The summed E-state index contributed by atoms with van der Waals surface area (Å²) in [6.07, 6.45) is 90.8. The molecule has 6 heteroatoms. The summed E-state index contributed by atoms with van der Waals surface area (Å²) in [7, 11) is 0. The third-order valence-electron chi connectivity index (χ3n) is 15.7. The fourth-order valence-electron chi connectivity index (χ4n) is 10.4. The Hall–Kier alpha value is -3.15. The minimum atomic E-state index is -0.791. The van der Waals surface area contributed by atoms with Crippen LogP contribution in [0, 0.1) is 0 Å². The Morgan fingerprint density at radius 3 is 0.753 bits per heavy atom. The second-order valence-corrected chi connectivity index (χ2v) is 23.8. The molecule has 81 heavy (non-hydrogen) atoms. The Morgan fingerprint density at radius 1 is 0.259 bits per heavy atom. The van der Waals surface area contributed by atoms with Crippen LogP contribution in [0.3, 0.4) is 0 Å². The van der Waals surface area contributed by atoms with Crippen LogP contribution in [-0.4, -0.2) is 37.2 Å². The third kappa shape index (κ3) is 67.5. The molecule has 0 aliphatic carbocycles. The van der Waals surface area contributed by atoms with Gasteiger partial charge in [0.05, 0.1) is 0 Å². The summed E-state index contributed by atoms with van der Waals surface area (Å²) < 4.78 is 17.0. The van der Waals surface area contributed by atoms with Crippen molar-refractivity contribution in [1.29, 1.82) is 0 Å². The summed E-state index contributed by atoms with van der Waals surface area (Å²) in [5.74, 6) is -0.894. The van der Waals surface area contributed by atoms with E-state index in [1.807, 2.05) is 0 Å². The molecule has 0 spiro atoms. The highest BCUT2D eigenvalue weighted by Gasteiger charge is 2.19. The van der Waals surface area contributed by atoms with Gasteiger partial charge in [0.15, 0.2) is 6.10 Å². The zero-order valence-corrected chi connectivity index (χ0v) is 54.1. The van der Waals surface area contributed by atoms with Crippen LogP contribution in [0.2, 0.25) is 0 Å². The number of unbranched alkanes of at least 4 members (excludes halogenated alkanes) is 42. The molecule has 0 rings (SSSR count). The average molecular weight is 1130 g/mol. The molecule has 6 nitrogen and oxygen atoms in total. The van der Waals surface area contributed by atoms with Crippen molar-refractivity contribution < 1.29 is 28.6 Å². The highest BCUT2D eigenvalue weighted by Crippen LogP contribution is 2.18. The van der Waals surface area contributed by atoms with E-state index in [0.29, 0.717) is 19.3 Å². The highest BCUT2D eigenvalue weighted by molar-refractivity contribution is 5.71. The maximum atomic E-state index is 12.9. The SMILES string of the molecule is CC/C=C\C/C=C\C/C=C\CCCCCCCC(=O)OCC(COC(=O)CCCCCCCCCCCCCCCCCCCCCCCCCCCCC)OC(=O)CCCCCCCC/C=C\C/C=C\C/C=C\CCCCCCC. The maximum Gasteiger partial charge on any atom is 0.306 e. The van der Waals surface area contributed by atoms with Crippen LogP contribution in [0.25, 0.3) is 0 Å². The van der Waals surface area contributed by atoms with Crippen molar-refractivity contribution in [2.45, 2.75) is 374 Å².